The number of aromatic carboxylic acids is 1. The Hall–Kier alpha value is -2.53. The van der Waals surface area contributed by atoms with Gasteiger partial charge >= 0.3 is 5.97 Å². The molecule has 0 spiro atoms. The molecule has 2 aliphatic rings. The molecule has 3 N–H and O–H groups in total. The number of benzene rings is 2. The number of nitrogens with one attached hydrogen (secondary N) is 2. The van der Waals surface area contributed by atoms with Crippen LogP contribution < -0.4 is 10.6 Å². The van der Waals surface area contributed by atoms with Gasteiger partial charge in [0.2, 0.25) is 5.91 Å². The van der Waals surface area contributed by atoms with E-state index < -0.39 is 5.97 Å². The van der Waals surface area contributed by atoms with Crippen LogP contribution in [0.25, 0.3) is 0 Å². The van der Waals surface area contributed by atoms with Crippen molar-refractivity contribution < 1.29 is 14.7 Å². The zero-order valence-corrected chi connectivity index (χ0v) is 18.8. The second kappa shape index (κ2) is 8.54. The minimum Gasteiger partial charge on any atom is -0.478 e. The third-order valence-electron chi connectivity index (χ3n) is 6.64. The third kappa shape index (κ3) is 4.57. The van der Waals surface area contributed by atoms with E-state index in [-0.39, 0.29) is 23.3 Å². The first kappa shape index (κ1) is 21.7. The van der Waals surface area contributed by atoms with Crippen LogP contribution in [0.1, 0.15) is 73.5 Å². The molecule has 1 saturated carbocycles. The Bertz CT molecular complexity index is 1010. The van der Waals surface area contributed by atoms with E-state index >= 15 is 0 Å². The van der Waals surface area contributed by atoms with E-state index in [1.54, 1.807) is 12.1 Å². The summed E-state index contributed by atoms with van der Waals surface area (Å²) in [6, 6.07) is 11.0. The Morgan fingerprint density at radius 1 is 1.10 bits per heavy atom. The zero-order valence-electron chi connectivity index (χ0n) is 18.0. The number of hydrogen-bond donors (Lipinski definition) is 3. The molecule has 164 valence electrons. The van der Waals surface area contributed by atoms with Gasteiger partial charge in [-0.3, -0.25) is 4.79 Å². The maximum Gasteiger partial charge on any atom is 0.335 e. The normalized spacial score (nSPS) is 20.4. The molecule has 1 aliphatic carbocycles. The highest BCUT2D eigenvalue weighted by atomic mass is 35.5. The van der Waals surface area contributed by atoms with Gasteiger partial charge in [-0.2, -0.15) is 0 Å². The summed E-state index contributed by atoms with van der Waals surface area (Å²) in [5.74, 6) is -0.798. The van der Waals surface area contributed by atoms with Crippen molar-refractivity contribution >= 4 is 34.9 Å². The average molecular weight is 441 g/mol. The maximum atomic E-state index is 12.8. The second-order valence-corrected chi connectivity index (χ2v) is 9.89. The lowest BCUT2D eigenvalue weighted by atomic mass is 9.72. The lowest BCUT2D eigenvalue weighted by Crippen LogP contribution is -2.35. The molecule has 5 nitrogen and oxygen atoms in total. The molecule has 1 atom stereocenters. The van der Waals surface area contributed by atoms with Crippen LogP contribution in [-0.2, 0) is 11.2 Å². The molecule has 6 heteroatoms. The van der Waals surface area contributed by atoms with Crippen LogP contribution in [0.4, 0.5) is 11.4 Å². The summed E-state index contributed by atoms with van der Waals surface area (Å²) in [7, 11) is 0. The molecule has 1 aliphatic heterocycles. The molecule has 1 heterocycles. The smallest absolute Gasteiger partial charge is 0.335 e. The highest BCUT2D eigenvalue weighted by Crippen LogP contribution is 2.46. The van der Waals surface area contributed by atoms with Crippen LogP contribution in [0.15, 0.2) is 36.4 Å². The summed E-state index contributed by atoms with van der Waals surface area (Å²) in [4.78, 5) is 24.1. The first-order valence-corrected chi connectivity index (χ1v) is 11.4. The van der Waals surface area contributed by atoms with Gasteiger partial charge in [0.1, 0.15) is 0 Å². The van der Waals surface area contributed by atoms with Crippen LogP contribution in [0, 0.1) is 11.3 Å². The molecule has 1 fully saturated rings. The van der Waals surface area contributed by atoms with Crippen LogP contribution >= 0.6 is 11.6 Å². The molecule has 0 bridgehead atoms. The molecule has 2 aromatic rings. The number of halogens is 1. The Morgan fingerprint density at radius 3 is 2.55 bits per heavy atom. The fraction of sp³-hybridized carbons (Fsp3) is 0.440. The van der Waals surface area contributed by atoms with Gasteiger partial charge in [0.05, 0.1) is 22.3 Å². The molecule has 2 aromatic carbocycles. The van der Waals surface area contributed by atoms with Gasteiger partial charge < -0.3 is 15.7 Å². The fourth-order valence-electron chi connectivity index (χ4n) is 4.91. The van der Waals surface area contributed by atoms with E-state index in [9.17, 15) is 14.7 Å². The third-order valence-corrected chi connectivity index (χ3v) is 6.97. The van der Waals surface area contributed by atoms with Crippen molar-refractivity contribution in [1.82, 2.24) is 0 Å². The van der Waals surface area contributed by atoms with E-state index in [0.29, 0.717) is 16.3 Å². The van der Waals surface area contributed by atoms with Gasteiger partial charge in [-0.25, -0.2) is 4.79 Å². The number of anilines is 2. The monoisotopic (exact) mass is 440 g/mol. The van der Waals surface area contributed by atoms with Crippen LogP contribution in [0.2, 0.25) is 5.02 Å². The van der Waals surface area contributed by atoms with E-state index in [0.717, 1.165) is 48.9 Å². The molecule has 0 radical (unpaired) electrons. The summed E-state index contributed by atoms with van der Waals surface area (Å²) in [5, 5.41) is 16.5. The zero-order chi connectivity index (χ0) is 22.2. The lowest BCUT2D eigenvalue weighted by Gasteiger charge is -2.41. The van der Waals surface area contributed by atoms with Gasteiger partial charge in [-0.05, 0) is 66.1 Å². The number of rotatable bonds is 4. The summed E-state index contributed by atoms with van der Waals surface area (Å²) in [5.41, 5.74) is 3.77. The number of carbonyl (C=O) groups excluding carboxylic acids is 1. The van der Waals surface area contributed by atoms with Gasteiger partial charge in [0.15, 0.2) is 0 Å². The number of amides is 1. The number of fused-ring (bicyclic) bond motifs is 1. The standard InChI is InChI=1S/C25H29ClN2O3/c1-25(2)14-18-12-17(24(30)31)9-11-20(18)27-22(25)16-8-10-19(26)21(13-16)28-23(29)15-6-4-3-5-7-15/h8-13,15,22,27H,3-7,14H2,1-2H3,(H,28,29)(H,30,31). The predicted molar refractivity (Wildman–Crippen MR) is 124 cm³/mol. The van der Waals surface area contributed by atoms with Crippen molar-refractivity contribution in [2.24, 2.45) is 11.3 Å². The Labute approximate surface area is 188 Å². The summed E-state index contributed by atoms with van der Waals surface area (Å²) in [6.07, 6.45) is 6.04. The Kier molecular flexibility index (Phi) is 5.98. The van der Waals surface area contributed by atoms with E-state index in [4.69, 9.17) is 11.6 Å². The van der Waals surface area contributed by atoms with Gasteiger partial charge in [-0.15, -0.1) is 0 Å². The minimum atomic E-state index is -0.918. The van der Waals surface area contributed by atoms with Gasteiger partial charge in [0, 0.05) is 11.6 Å². The van der Waals surface area contributed by atoms with E-state index in [2.05, 4.69) is 24.5 Å². The lowest BCUT2D eigenvalue weighted by molar-refractivity contribution is -0.120. The molecule has 1 unspecified atom stereocenters. The SMILES string of the molecule is CC1(C)Cc2cc(C(=O)O)ccc2NC1c1ccc(Cl)c(NC(=O)C2CCCCC2)c1. The van der Waals surface area contributed by atoms with Crippen LogP contribution in [0.5, 0.6) is 0 Å². The molecule has 0 aromatic heterocycles. The maximum absolute atomic E-state index is 12.8. The first-order valence-electron chi connectivity index (χ1n) is 11.0. The number of carboxylic acid groups (broad SMARTS) is 1. The number of hydrogen-bond acceptors (Lipinski definition) is 3. The summed E-state index contributed by atoms with van der Waals surface area (Å²) < 4.78 is 0. The predicted octanol–water partition coefficient (Wildman–Crippen LogP) is 6.29. The van der Waals surface area contributed by atoms with E-state index in [1.807, 2.05) is 24.3 Å². The molecule has 31 heavy (non-hydrogen) atoms. The quantitative estimate of drug-likeness (QED) is 0.521. The van der Waals surface area contributed by atoms with Crippen molar-refractivity contribution in [2.45, 2.75) is 58.4 Å². The molecule has 4 rings (SSSR count). The highest BCUT2D eigenvalue weighted by Gasteiger charge is 2.36. The van der Waals surface area contributed by atoms with Crippen molar-refractivity contribution in [2.75, 3.05) is 10.6 Å². The summed E-state index contributed by atoms with van der Waals surface area (Å²) in [6.45, 7) is 4.33. The van der Waals surface area contributed by atoms with Crippen molar-refractivity contribution in [3.8, 4) is 0 Å². The second-order valence-electron chi connectivity index (χ2n) is 9.48. The Balaban J connectivity index is 1.59. The number of carbonyl (C=O) groups is 2. The Morgan fingerprint density at radius 2 is 1.84 bits per heavy atom. The first-order chi connectivity index (χ1) is 14.7. The molecule has 0 saturated heterocycles. The van der Waals surface area contributed by atoms with Crippen molar-refractivity contribution in [3.63, 3.8) is 0 Å². The van der Waals surface area contributed by atoms with Crippen LogP contribution in [0.3, 0.4) is 0 Å². The topological polar surface area (TPSA) is 78.4 Å². The molecular weight excluding hydrogens is 412 g/mol. The molecule has 1 amide bonds. The van der Waals surface area contributed by atoms with Crippen molar-refractivity contribution in [3.05, 3.63) is 58.1 Å². The van der Waals surface area contributed by atoms with Crippen molar-refractivity contribution in [1.29, 1.82) is 0 Å². The average Bonchev–Trinajstić information content (AvgIpc) is 2.74. The van der Waals surface area contributed by atoms with Gasteiger partial charge in [0.25, 0.3) is 0 Å². The van der Waals surface area contributed by atoms with Crippen LogP contribution in [-0.4, -0.2) is 17.0 Å². The van der Waals surface area contributed by atoms with Gasteiger partial charge in [-0.1, -0.05) is 50.8 Å². The minimum absolute atomic E-state index is 0.00160. The summed E-state index contributed by atoms with van der Waals surface area (Å²) >= 11 is 6.43. The highest BCUT2D eigenvalue weighted by molar-refractivity contribution is 6.33. The molecular formula is C25H29ClN2O3. The number of carboxylic acids is 1. The largest absolute Gasteiger partial charge is 0.478 e. The fourth-order valence-corrected chi connectivity index (χ4v) is 5.07. The van der Waals surface area contributed by atoms with E-state index in [1.165, 1.54) is 6.42 Å².